The Labute approximate surface area is 199 Å². The minimum absolute atomic E-state index is 0.124. The third kappa shape index (κ3) is 5.10. The number of nitrogens with one attached hydrogen (secondary N) is 1. The van der Waals surface area contributed by atoms with Gasteiger partial charge in [-0.2, -0.15) is 0 Å². The number of imidazole rings is 1. The van der Waals surface area contributed by atoms with Crippen LogP contribution in [0, 0.1) is 5.92 Å². The van der Waals surface area contributed by atoms with Gasteiger partial charge in [0.25, 0.3) is 0 Å². The van der Waals surface area contributed by atoms with Gasteiger partial charge < -0.3 is 4.74 Å². The van der Waals surface area contributed by atoms with E-state index in [2.05, 4.69) is 17.4 Å². The molecule has 1 unspecified atom stereocenters. The average molecular weight is 470 g/mol. The molecule has 4 rings (SSSR count). The van der Waals surface area contributed by atoms with Gasteiger partial charge in [0.1, 0.15) is 11.6 Å². The number of aryl methyl sites for hydroxylation is 1. The molecule has 0 radical (unpaired) electrons. The number of benzene rings is 1. The van der Waals surface area contributed by atoms with Crippen molar-refractivity contribution in [1.29, 1.82) is 0 Å². The van der Waals surface area contributed by atoms with E-state index in [-0.39, 0.29) is 24.0 Å². The molecule has 0 spiro atoms. The van der Waals surface area contributed by atoms with E-state index in [9.17, 15) is 19.2 Å². The van der Waals surface area contributed by atoms with E-state index in [1.807, 2.05) is 26.8 Å². The Morgan fingerprint density at radius 2 is 1.76 bits per heavy atom. The molecule has 1 N–H and O–H groups in total. The van der Waals surface area contributed by atoms with Crippen molar-refractivity contribution in [2.24, 2.45) is 13.0 Å². The second-order valence-corrected chi connectivity index (χ2v) is 10.8. The van der Waals surface area contributed by atoms with Crippen LogP contribution in [0.15, 0.2) is 23.0 Å². The number of aromatic nitrogens is 2. The highest BCUT2D eigenvalue weighted by atomic mass is 16.6. The van der Waals surface area contributed by atoms with Gasteiger partial charge in [-0.3, -0.25) is 28.8 Å². The summed E-state index contributed by atoms with van der Waals surface area (Å²) in [6.07, 6.45) is 6.13. The fourth-order valence-electron chi connectivity index (χ4n) is 5.36. The number of carbonyl (C=O) groups excluding carboxylic acids is 3. The van der Waals surface area contributed by atoms with Crippen LogP contribution in [-0.2, 0) is 26.2 Å². The second kappa shape index (κ2) is 9.39. The zero-order valence-electron chi connectivity index (χ0n) is 20.6. The number of piperidine rings is 1. The molecule has 1 aromatic carbocycles. The van der Waals surface area contributed by atoms with Gasteiger partial charge in [0, 0.05) is 19.9 Å². The monoisotopic (exact) mass is 469 g/mol. The third-order valence-electron chi connectivity index (χ3n) is 7.13. The molecule has 2 fully saturated rings. The lowest BCUT2D eigenvalue weighted by molar-refractivity contribution is -0.155. The van der Waals surface area contributed by atoms with Crippen LogP contribution in [0.2, 0.25) is 0 Å². The Morgan fingerprint density at radius 3 is 2.41 bits per heavy atom. The number of ether oxygens (including phenoxy) is 1. The highest BCUT2D eigenvalue weighted by Crippen LogP contribution is 2.38. The number of rotatable bonds is 5. The quantitative estimate of drug-likeness (QED) is 0.532. The smallest absolute Gasteiger partial charge is 0.329 e. The van der Waals surface area contributed by atoms with Crippen molar-refractivity contribution >= 4 is 28.8 Å². The fraction of sp³-hybridized carbons (Fsp3) is 0.615. The van der Waals surface area contributed by atoms with Crippen LogP contribution >= 0.6 is 0 Å². The zero-order valence-corrected chi connectivity index (χ0v) is 20.6. The second-order valence-electron chi connectivity index (χ2n) is 10.8. The number of esters is 1. The van der Waals surface area contributed by atoms with Gasteiger partial charge in [0.15, 0.2) is 0 Å². The fourth-order valence-corrected chi connectivity index (χ4v) is 5.36. The number of hydrogen-bond acceptors (Lipinski definition) is 5. The molecule has 184 valence electrons. The Balaban J connectivity index is 1.44. The van der Waals surface area contributed by atoms with E-state index in [1.165, 1.54) is 10.1 Å². The molecule has 1 aromatic heterocycles. The van der Waals surface area contributed by atoms with Crippen LogP contribution in [0.3, 0.4) is 0 Å². The predicted octanol–water partition coefficient (Wildman–Crippen LogP) is 3.71. The molecule has 1 aliphatic heterocycles. The lowest BCUT2D eigenvalue weighted by Gasteiger charge is -2.29. The van der Waals surface area contributed by atoms with E-state index in [1.54, 1.807) is 11.6 Å². The SMILES string of the molecule is Cn1c(=O)n(C2CCC(=O)NC2=O)c2ccc([C@H]3CC[C@@H](CCC(=O)OC(C)(C)C)CC3)cc21. The van der Waals surface area contributed by atoms with E-state index >= 15 is 0 Å². The van der Waals surface area contributed by atoms with Crippen LogP contribution in [0.4, 0.5) is 0 Å². The summed E-state index contributed by atoms with van der Waals surface area (Å²) in [6, 6.07) is 5.41. The molecular weight excluding hydrogens is 434 g/mol. The van der Waals surface area contributed by atoms with Crippen molar-refractivity contribution in [1.82, 2.24) is 14.5 Å². The molecule has 8 heteroatoms. The van der Waals surface area contributed by atoms with Crippen molar-refractivity contribution in [3.63, 3.8) is 0 Å². The van der Waals surface area contributed by atoms with Crippen LogP contribution in [-0.4, -0.2) is 32.5 Å². The highest BCUT2D eigenvalue weighted by molar-refractivity contribution is 6.00. The minimum Gasteiger partial charge on any atom is -0.460 e. The van der Waals surface area contributed by atoms with E-state index in [4.69, 9.17) is 4.74 Å². The predicted molar refractivity (Wildman–Crippen MR) is 128 cm³/mol. The Kier molecular flexibility index (Phi) is 6.69. The molecular formula is C26H35N3O5. The summed E-state index contributed by atoms with van der Waals surface area (Å²) in [5.74, 6) is 0.112. The van der Waals surface area contributed by atoms with Crippen molar-refractivity contribution in [3.05, 3.63) is 34.2 Å². The summed E-state index contributed by atoms with van der Waals surface area (Å²) < 4.78 is 8.54. The third-order valence-corrected chi connectivity index (χ3v) is 7.13. The standard InChI is InChI=1S/C26H35N3O5/c1-26(2,3)34-23(31)14-7-16-5-8-17(9-6-16)18-10-11-19-21(15-18)28(4)25(33)29(19)20-12-13-22(30)27-24(20)32/h10-11,15-17,20H,5-9,12-14H2,1-4H3,(H,27,30,32)/t16-,17+,20?. The molecule has 2 aromatic rings. The van der Waals surface area contributed by atoms with Crippen molar-refractivity contribution in [3.8, 4) is 0 Å². The van der Waals surface area contributed by atoms with Crippen LogP contribution < -0.4 is 11.0 Å². The maximum Gasteiger partial charge on any atom is 0.329 e. The van der Waals surface area contributed by atoms with Gasteiger partial charge in [-0.15, -0.1) is 0 Å². The lowest BCUT2D eigenvalue weighted by Crippen LogP contribution is -2.44. The Morgan fingerprint density at radius 1 is 1.06 bits per heavy atom. The van der Waals surface area contributed by atoms with E-state index in [0.717, 1.165) is 43.1 Å². The Bertz CT molecular complexity index is 1160. The van der Waals surface area contributed by atoms with Crippen molar-refractivity contribution in [2.45, 2.75) is 89.7 Å². The summed E-state index contributed by atoms with van der Waals surface area (Å²) >= 11 is 0. The summed E-state index contributed by atoms with van der Waals surface area (Å²) in [4.78, 5) is 48.9. The first kappa shape index (κ1) is 24.2. The Hall–Kier alpha value is -2.90. The molecule has 1 aliphatic carbocycles. The largest absolute Gasteiger partial charge is 0.460 e. The molecule has 0 bridgehead atoms. The molecule has 1 saturated carbocycles. The number of imide groups is 1. The summed E-state index contributed by atoms with van der Waals surface area (Å²) in [6.45, 7) is 5.67. The molecule has 2 aliphatic rings. The van der Waals surface area contributed by atoms with Gasteiger partial charge in [-0.25, -0.2) is 4.79 Å². The highest BCUT2D eigenvalue weighted by Gasteiger charge is 2.31. The molecule has 34 heavy (non-hydrogen) atoms. The van der Waals surface area contributed by atoms with Crippen LogP contribution in [0.25, 0.3) is 11.0 Å². The summed E-state index contributed by atoms with van der Waals surface area (Å²) in [7, 11) is 1.73. The molecule has 1 atom stereocenters. The van der Waals surface area contributed by atoms with Crippen LogP contribution in [0.1, 0.15) is 89.7 Å². The van der Waals surface area contributed by atoms with Crippen molar-refractivity contribution in [2.75, 3.05) is 0 Å². The van der Waals surface area contributed by atoms with Crippen LogP contribution in [0.5, 0.6) is 0 Å². The van der Waals surface area contributed by atoms with Gasteiger partial charge in [0.05, 0.1) is 11.0 Å². The maximum atomic E-state index is 13.0. The van der Waals surface area contributed by atoms with E-state index < -0.39 is 17.6 Å². The summed E-state index contributed by atoms with van der Waals surface area (Å²) in [5, 5.41) is 2.35. The van der Waals surface area contributed by atoms with Crippen molar-refractivity contribution < 1.29 is 19.1 Å². The van der Waals surface area contributed by atoms with E-state index in [0.29, 0.717) is 24.7 Å². The first-order valence-corrected chi connectivity index (χ1v) is 12.3. The average Bonchev–Trinajstić information content (AvgIpc) is 3.01. The molecule has 8 nitrogen and oxygen atoms in total. The topological polar surface area (TPSA) is 99.4 Å². The summed E-state index contributed by atoms with van der Waals surface area (Å²) in [5.41, 5.74) is 2.04. The normalized spacial score (nSPS) is 23.7. The first-order chi connectivity index (χ1) is 16.0. The lowest BCUT2D eigenvalue weighted by atomic mass is 9.77. The van der Waals surface area contributed by atoms with Gasteiger partial charge in [-0.05, 0) is 88.8 Å². The molecule has 1 saturated heterocycles. The van der Waals surface area contributed by atoms with Gasteiger partial charge in [0.2, 0.25) is 11.8 Å². The molecule has 2 amide bonds. The zero-order chi connectivity index (χ0) is 24.6. The maximum absolute atomic E-state index is 13.0. The first-order valence-electron chi connectivity index (χ1n) is 12.3. The number of hydrogen-bond donors (Lipinski definition) is 1. The number of fused-ring (bicyclic) bond motifs is 1. The number of carbonyl (C=O) groups is 3. The van der Waals surface area contributed by atoms with Gasteiger partial charge in [-0.1, -0.05) is 6.07 Å². The minimum atomic E-state index is -0.667. The number of amides is 2. The number of nitrogens with zero attached hydrogens (tertiary/aromatic N) is 2. The van der Waals surface area contributed by atoms with Gasteiger partial charge >= 0.3 is 11.7 Å². The molecule has 2 heterocycles.